The predicted molar refractivity (Wildman–Crippen MR) is 41.4 cm³/mol. The molecule has 0 fully saturated rings. The number of primary amides is 1. The highest BCUT2D eigenvalue weighted by Crippen LogP contribution is 1.93. The van der Waals surface area contributed by atoms with Crippen LogP contribution in [0.2, 0.25) is 0 Å². The average molecular weight is 139 g/mol. The lowest BCUT2D eigenvalue weighted by molar-refractivity contribution is -0.118. The standard InChI is InChI=1S/C8H13NO/c1-2-3-4-5-6-7-8(9)10/h2,4H,5-7H2,1H3,(H2,9,10). The van der Waals surface area contributed by atoms with Crippen molar-refractivity contribution in [2.45, 2.75) is 26.2 Å². The molecule has 1 amide bonds. The molecule has 0 saturated heterocycles. The molecule has 0 radical (unpaired) electrons. The Balaban J connectivity index is 3.21. The first-order valence-corrected chi connectivity index (χ1v) is 3.41. The van der Waals surface area contributed by atoms with E-state index in [-0.39, 0.29) is 5.91 Å². The minimum absolute atomic E-state index is 0.228. The Morgan fingerprint density at radius 1 is 1.70 bits per heavy atom. The highest BCUT2D eigenvalue weighted by Gasteiger charge is 1.89. The molecule has 0 heterocycles. The van der Waals surface area contributed by atoms with Crippen LogP contribution in [-0.2, 0) is 4.79 Å². The molecule has 0 aliphatic rings. The first-order chi connectivity index (χ1) is 4.77. The van der Waals surface area contributed by atoms with Crippen molar-refractivity contribution in [3.63, 3.8) is 0 Å². The van der Waals surface area contributed by atoms with Gasteiger partial charge in [-0.25, -0.2) is 0 Å². The van der Waals surface area contributed by atoms with E-state index in [1.54, 1.807) is 0 Å². The first-order valence-electron chi connectivity index (χ1n) is 3.41. The maximum Gasteiger partial charge on any atom is 0.217 e. The number of carbonyl (C=O) groups excluding carboxylic acids is 1. The Morgan fingerprint density at radius 2 is 2.40 bits per heavy atom. The fraction of sp³-hybridized carbons (Fsp3) is 0.500. The summed E-state index contributed by atoms with van der Waals surface area (Å²) in [4.78, 5) is 10.2. The van der Waals surface area contributed by atoms with Crippen LogP contribution in [0.4, 0.5) is 0 Å². The van der Waals surface area contributed by atoms with Crippen LogP contribution in [0.25, 0.3) is 0 Å². The molecule has 0 atom stereocenters. The van der Waals surface area contributed by atoms with E-state index in [9.17, 15) is 4.79 Å². The number of carbonyl (C=O) groups is 1. The second kappa shape index (κ2) is 6.12. The third-order valence-corrected chi connectivity index (χ3v) is 1.06. The summed E-state index contributed by atoms with van der Waals surface area (Å²) in [6.07, 6.45) is 5.93. The largest absolute Gasteiger partial charge is 0.370 e. The van der Waals surface area contributed by atoms with Crippen molar-refractivity contribution in [1.82, 2.24) is 0 Å². The second-order valence-corrected chi connectivity index (χ2v) is 2.02. The van der Waals surface area contributed by atoms with Crippen molar-refractivity contribution < 1.29 is 4.79 Å². The number of hydrogen-bond acceptors (Lipinski definition) is 1. The maximum atomic E-state index is 10.2. The zero-order valence-corrected chi connectivity index (χ0v) is 6.26. The average Bonchev–Trinajstić information content (AvgIpc) is 1.87. The fourth-order valence-corrected chi connectivity index (χ4v) is 0.580. The van der Waals surface area contributed by atoms with Gasteiger partial charge in [0.15, 0.2) is 0 Å². The lowest BCUT2D eigenvalue weighted by Crippen LogP contribution is -2.09. The van der Waals surface area contributed by atoms with Crippen molar-refractivity contribution in [2.24, 2.45) is 5.73 Å². The predicted octanol–water partition coefficient (Wildman–Crippen LogP) is 1.37. The van der Waals surface area contributed by atoms with Gasteiger partial charge < -0.3 is 5.73 Å². The number of rotatable bonds is 4. The van der Waals surface area contributed by atoms with Crippen LogP contribution in [-0.4, -0.2) is 5.91 Å². The van der Waals surface area contributed by atoms with Gasteiger partial charge in [0.2, 0.25) is 5.91 Å². The Bertz CT molecular complexity index is 155. The molecule has 0 aliphatic heterocycles. The Kier molecular flexibility index (Phi) is 5.50. The zero-order valence-electron chi connectivity index (χ0n) is 6.26. The summed E-state index contributed by atoms with van der Waals surface area (Å²) < 4.78 is 0. The molecule has 2 nitrogen and oxygen atoms in total. The zero-order chi connectivity index (χ0) is 7.82. The minimum Gasteiger partial charge on any atom is -0.370 e. The summed E-state index contributed by atoms with van der Waals surface area (Å²) >= 11 is 0. The van der Waals surface area contributed by atoms with E-state index in [0.29, 0.717) is 6.42 Å². The van der Waals surface area contributed by atoms with E-state index in [1.165, 1.54) is 0 Å². The quantitative estimate of drug-likeness (QED) is 0.464. The molecule has 56 valence electrons. The molecule has 0 spiro atoms. The van der Waals surface area contributed by atoms with Gasteiger partial charge in [-0.3, -0.25) is 4.79 Å². The van der Waals surface area contributed by atoms with E-state index in [2.05, 4.69) is 5.73 Å². The molecule has 0 rings (SSSR count). The Hall–Kier alpha value is -1.01. The number of allylic oxidation sites excluding steroid dienone is 1. The molecule has 2 heteroatoms. The summed E-state index contributed by atoms with van der Waals surface area (Å²) in [5, 5.41) is 0. The lowest BCUT2D eigenvalue weighted by atomic mass is 10.2. The summed E-state index contributed by atoms with van der Waals surface area (Å²) in [5.74, 6) is -0.228. The van der Waals surface area contributed by atoms with Crippen LogP contribution < -0.4 is 5.73 Å². The number of hydrogen-bond donors (Lipinski definition) is 1. The molecule has 0 aliphatic carbocycles. The van der Waals surface area contributed by atoms with E-state index < -0.39 is 0 Å². The smallest absolute Gasteiger partial charge is 0.217 e. The van der Waals surface area contributed by atoms with Gasteiger partial charge in [-0.05, 0) is 31.9 Å². The molecule has 0 aromatic heterocycles. The molecule has 0 unspecified atom stereocenters. The van der Waals surface area contributed by atoms with Gasteiger partial charge in [0.05, 0.1) is 0 Å². The normalized spacial score (nSPS) is 8.10. The van der Waals surface area contributed by atoms with Gasteiger partial charge in [0, 0.05) is 6.42 Å². The van der Waals surface area contributed by atoms with Crippen molar-refractivity contribution in [3.05, 3.63) is 17.9 Å². The Morgan fingerprint density at radius 3 is 2.90 bits per heavy atom. The van der Waals surface area contributed by atoms with Gasteiger partial charge in [-0.1, -0.05) is 0 Å². The third kappa shape index (κ3) is 6.99. The highest BCUT2D eigenvalue weighted by molar-refractivity contribution is 5.73. The van der Waals surface area contributed by atoms with Crippen LogP contribution in [0.1, 0.15) is 26.2 Å². The highest BCUT2D eigenvalue weighted by atomic mass is 16.1. The number of nitrogens with two attached hydrogens (primary N) is 1. The van der Waals surface area contributed by atoms with Crippen LogP contribution in [0.15, 0.2) is 17.9 Å². The van der Waals surface area contributed by atoms with Crippen LogP contribution >= 0.6 is 0 Å². The molecule has 0 saturated carbocycles. The molecular weight excluding hydrogens is 126 g/mol. The molecular formula is C8H13NO. The van der Waals surface area contributed by atoms with Crippen LogP contribution in [0.3, 0.4) is 0 Å². The van der Waals surface area contributed by atoms with Crippen molar-refractivity contribution >= 4 is 5.91 Å². The SMILES string of the molecule is CC=C=CCCCC(N)=O. The minimum atomic E-state index is -0.228. The van der Waals surface area contributed by atoms with Gasteiger partial charge >= 0.3 is 0 Å². The van der Waals surface area contributed by atoms with Gasteiger partial charge in [-0.15, -0.1) is 5.73 Å². The monoisotopic (exact) mass is 139 g/mol. The topological polar surface area (TPSA) is 43.1 Å². The Labute approximate surface area is 61.4 Å². The van der Waals surface area contributed by atoms with E-state index in [1.807, 2.05) is 19.1 Å². The van der Waals surface area contributed by atoms with Crippen molar-refractivity contribution in [3.8, 4) is 0 Å². The molecule has 0 aromatic carbocycles. The first kappa shape index (κ1) is 8.99. The van der Waals surface area contributed by atoms with Gasteiger partial charge in [-0.2, -0.15) is 0 Å². The van der Waals surface area contributed by atoms with E-state index in [4.69, 9.17) is 5.73 Å². The van der Waals surface area contributed by atoms with Crippen LogP contribution in [0.5, 0.6) is 0 Å². The van der Waals surface area contributed by atoms with Crippen molar-refractivity contribution in [2.75, 3.05) is 0 Å². The second-order valence-electron chi connectivity index (χ2n) is 2.02. The van der Waals surface area contributed by atoms with Crippen molar-refractivity contribution in [1.29, 1.82) is 0 Å². The van der Waals surface area contributed by atoms with Gasteiger partial charge in [0.1, 0.15) is 0 Å². The van der Waals surface area contributed by atoms with E-state index >= 15 is 0 Å². The molecule has 10 heavy (non-hydrogen) atoms. The third-order valence-electron chi connectivity index (χ3n) is 1.06. The van der Waals surface area contributed by atoms with Crippen LogP contribution in [0, 0.1) is 0 Å². The number of amides is 1. The summed E-state index contributed by atoms with van der Waals surface area (Å²) in [6.45, 7) is 1.91. The lowest BCUT2D eigenvalue weighted by Gasteiger charge is -1.88. The van der Waals surface area contributed by atoms with E-state index in [0.717, 1.165) is 12.8 Å². The maximum absolute atomic E-state index is 10.2. The van der Waals surface area contributed by atoms with Gasteiger partial charge in [0.25, 0.3) is 0 Å². The summed E-state index contributed by atoms with van der Waals surface area (Å²) in [5.41, 5.74) is 7.85. The fourth-order valence-electron chi connectivity index (χ4n) is 0.580. The molecule has 0 aromatic rings. The molecule has 0 bridgehead atoms. The molecule has 2 N–H and O–H groups in total. The number of unbranched alkanes of at least 4 members (excludes halogenated alkanes) is 1. The summed E-state index contributed by atoms with van der Waals surface area (Å²) in [7, 11) is 0. The summed E-state index contributed by atoms with van der Waals surface area (Å²) in [6, 6.07) is 0.